The molecule has 0 radical (unpaired) electrons. The lowest BCUT2D eigenvalue weighted by Gasteiger charge is -2.29. The summed E-state index contributed by atoms with van der Waals surface area (Å²) in [5.41, 5.74) is 6.13. The van der Waals surface area contributed by atoms with E-state index < -0.39 is 0 Å². The van der Waals surface area contributed by atoms with E-state index in [0.717, 1.165) is 58.4 Å². The van der Waals surface area contributed by atoms with Crippen molar-refractivity contribution in [3.63, 3.8) is 0 Å². The number of pyridine rings is 1. The van der Waals surface area contributed by atoms with E-state index in [1.54, 1.807) is 6.08 Å². The summed E-state index contributed by atoms with van der Waals surface area (Å²) in [6.07, 6.45) is 7.91. The van der Waals surface area contributed by atoms with Crippen LogP contribution in [0.1, 0.15) is 22.7 Å². The molecule has 0 unspecified atom stereocenters. The van der Waals surface area contributed by atoms with Crippen molar-refractivity contribution in [2.24, 2.45) is 0 Å². The first kappa shape index (κ1) is 18.0. The van der Waals surface area contributed by atoms with Crippen molar-refractivity contribution < 1.29 is 9.26 Å². The standard InChI is InChI=1S/C23H23N3O2/c1-4-12-27-22-14-21-18(13-20(22)23-16(2)25-28-17(23)3)8-7-11-26(21)15-19-9-5-6-10-24-19/h4-10,13-14H,1,11-12,15H2,2-3H3. The summed E-state index contributed by atoms with van der Waals surface area (Å²) in [5, 5.41) is 4.11. The number of ether oxygens (including phenoxy) is 1. The van der Waals surface area contributed by atoms with Crippen molar-refractivity contribution in [1.82, 2.24) is 10.1 Å². The highest BCUT2D eigenvalue weighted by Crippen LogP contribution is 2.41. The highest BCUT2D eigenvalue weighted by Gasteiger charge is 2.22. The van der Waals surface area contributed by atoms with Crippen LogP contribution in [0.2, 0.25) is 0 Å². The Kier molecular flexibility index (Phi) is 4.98. The van der Waals surface area contributed by atoms with Crippen LogP contribution in [0.3, 0.4) is 0 Å². The van der Waals surface area contributed by atoms with Crippen LogP contribution in [0.15, 0.2) is 59.8 Å². The SMILES string of the molecule is C=CCOc1cc2c(cc1-c1c(C)noc1C)C=CCN2Cc1ccccn1. The third kappa shape index (κ3) is 3.43. The van der Waals surface area contributed by atoms with Gasteiger partial charge in [0.15, 0.2) is 0 Å². The minimum Gasteiger partial charge on any atom is -0.489 e. The number of anilines is 1. The summed E-state index contributed by atoms with van der Waals surface area (Å²) in [7, 11) is 0. The summed E-state index contributed by atoms with van der Waals surface area (Å²) in [6.45, 7) is 9.66. The number of benzene rings is 1. The molecular formula is C23H23N3O2. The topological polar surface area (TPSA) is 51.4 Å². The summed E-state index contributed by atoms with van der Waals surface area (Å²) in [5.74, 6) is 1.58. The zero-order chi connectivity index (χ0) is 19.5. The van der Waals surface area contributed by atoms with Crippen molar-refractivity contribution in [1.29, 1.82) is 0 Å². The zero-order valence-corrected chi connectivity index (χ0v) is 16.2. The fraction of sp³-hybridized carbons (Fsp3) is 0.217. The molecule has 0 fully saturated rings. The molecule has 0 bridgehead atoms. The zero-order valence-electron chi connectivity index (χ0n) is 16.2. The third-order valence-corrected chi connectivity index (χ3v) is 4.83. The first-order chi connectivity index (χ1) is 13.7. The van der Waals surface area contributed by atoms with Crippen LogP contribution in [-0.4, -0.2) is 23.3 Å². The Bertz CT molecular complexity index is 1000. The van der Waals surface area contributed by atoms with E-state index in [-0.39, 0.29) is 0 Å². The van der Waals surface area contributed by atoms with E-state index in [4.69, 9.17) is 9.26 Å². The highest BCUT2D eigenvalue weighted by atomic mass is 16.5. The fourth-order valence-electron chi connectivity index (χ4n) is 3.57. The van der Waals surface area contributed by atoms with E-state index >= 15 is 0 Å². The van der Waals surface area contributed by atoms with Crippen molar-refractivity contribution in [2.75, 3.05) is 18.1 Å². The van der Waals surface area contributed by atoms with Crippen molar-refractivity contribution in [3.8, 4) is 16.9 Å². The molecule has 5 heteroatoms. The lowest BCUT2D eigenvalue weighted by Crippen LogP contribution is -2.26. The maximum absolute atomic E-state index is 6.03. The third-order valence-electron chi connectivity index (χ3n) is 4.83. The van der Waals surface area contributed by atoms with Gasteiger partial charge < -0.3 is 14.2 Å². The van der Waals surface area contributed by atoms with Gasteiger partial charge in [-0.15, -0.1) is 0 Å². The molecule has 1 aromatic carbocycles. The van der Waals surface area contributed by atoms with Gasteiger partial charge in [0.1, 0.15) is 18.1 Å². The molecule has 0 spiro atoms. The summed E-state index contributed by atoms with van der Waals surface area (Å²) >= 11 is 0. The van der Waals surface area contributed by atoms with Crippen molar-refractivity contribution >= 4 is 11.8 Å². The van der Waals surface area contributed by atoms with Crippen molar-refractivity contribution in [3.05, 3.63) is 78.0 Å². The van der Waals surface area contributed by atoms with Gasteiger partial charge in [-0.25, -0.2) is 0 Å². The molecule has 28 heavy (non-hydrogen) atoms. The molecule has 1 aliphatic rings. The van der Waals surface area contributed by atoms with E-state index in [0.29, 0.717) is 6.61 Å². The molecule has 0 saturated heterocycles. The van der Waals surface area contributed by atoms with Gasteiger partial charge in [-0.05, 0) is 37.6 Å². The van der Waals surface area contributed by atoms with E-state index in [2.05, 4.69) is 45.9 Å². The van der Waals surface area contributed by atoms with Gasteiger partial charge in [0.2, 0.25) is 0 Å². The minimum atomic E-state index is 0.436. The Balaban J connectivity index is 1.79. The summed E-state index contributed by atoms with van der Waals surface area (Å²) < 4.78 is 11.4. The maximum atomic E-state index is 6.03. The van der Waals surface area contributed by atoms with Crippen LogP contribution in [-0.2, 0) is 6.54 Å². The predicted molar refractivity (Wildman–Crippen MR) is 111 cm³/mol. The van der Waals surface area contributed by atoms with Gasteiger partial charge in [0.25, 0.3) is 0 Å². The van der Waals surface area contributed by atoms with Crippen molar-refractivity contribution in [2.45, 2.75) is 20.4 Å². The largest absolute Gasteiger partial charge is 0.489 e. The van der Waals surface area contributed by atoms with Crippen LogP contribution in [0, 0.1) is 13.8 Å². The van der Waals surface area contributed by atoms with Gasteiger partial charge >= 0.3 is 0 Å². The number of aryl methyl sites for hydroxylation is 2. The molecule has 4 rings (SSSR count). The molecule has 5 nitrogen and oxygen atoms in total. The second-order valence-electron chi connectivity index (χ2n) is 6.81. The Morgan fingerprint density at radius 1 is 1.29 bits per heavy atom. The van der Waals surface area contributed by atoms with E-state index in [1.807, 2.05) is 38.2 Å². The fourth-order valence-corrected chi connectivity index (χ4v) is 3.57. The second-order valence-corrected chi connectivity index (χ2v) is 6.81. The number of aromatic nitrogens is 2. The highest BCUT2D eigenvalue weighted by molar-refractivity contribution is 5.83. The Morgan fingerprint density at radius 3 is 2.89 bits per heavy atom. The molecule has 0 saturated carbocycles. The Labute approximate surface area is 165 Å². The Hall–Kier alpha value is -3.34. The monoisotopic (exact) mass is 373 g/mol. The van der Waals surface area contributed by atoms with Crippen LogP contribution in [0.5, 0.6) is 5.75 Å². The first-order valence-electron chi connectivity index (χ1n) is 9.33. The molecule has 0 amide bonds. The van der Waals surface area contributed by atoms with E-state index in [1.165, 1.54) is 0 Å². The average Bonchev–Trinajstić information content (AvgIpc) is 3.05. The number of nitrogens with zero attached hydrogens (tertiary/aromatic N) is 3. The lowest BCUT2D eigenvalue weighted by molar-refractivity contribution is 0.364. The number of fused-ring (bicyclic) bond motifs is 1. The molecular weight excluding hydrogens is 350 g/mol. The van der Waals surface area contributed by atoms with Crippen LogP contribution in [0.4, 0.5) is 5.69 Å². The van der Waals surface area contributed by atoms with Crippen LogP contribution in [0.25, 0.3) is 17.2 Å². The van der Waals surface area contributed by atoms with Gasteiger partial charge in [0.05, 0.1) is 23.5 Å². The second kappa shape index (κ2) is 7.72. The van der Waals surface area contributed by atoms with E-state index in [9.17, 15) is 0 Å². The summed E-state index contributed by atoms with van der Waals surface area (Å²) in [6, 6.07) is 10.3. The molecule has 0 aliphatic carbocycles. The maximum Gasteiger partial charge on any atom is 0.141 e. The van der Waals surface area contributed by atoms with Gasteiger partial charge in [-0.3, -0.25) is 4.98 Å². The average molecular weight is 373 g/mol. The number of hydrogen-bond donors (Lipinski definition) is 0. The van der Waals surface area contributed by atoms with Gasteiger partial charge in [-0.2, -0.15) is 0 Å². The van der Waals surface area contributed by atoms with Crippen LogP contribution >= 0.6 is 0 Å². The normalized spacial score (nSPS) is 12.7. The lowest BCUT2D eigenvalue weighted by atomic mass is 9.97. The number of rotatable bonds is 6. The van der Waals surface area contributed by atoms with Gasteiger partial charge in [0, 0.05) is 30.1 Å². The molecule has 3 heterocycles. The Morgan fingerprint density at radius 2 is 2.18 bits per heavy atom. The van der Waals surface area contributed by atoms with Gasteiger partial charge in [-0.1, -0.05) is 36.0 Å². The molecule has 0 atom stereocenters. The smallest absolute Gasteiger partial charge is 0.141 e. The quantitative estimate of drug-likeness (QED) is 0.572. The molecule has 3 aromatic rings. The molecule has 0 N–H and O–H groups in total. The van der Waals surface area contributed by atoms with Crippen LogP contribution < -0.4 is 9.64 Å². The summed E-state index contributed by atoms with van der Waals surface area (Å²) in [4.78, 5) is 6.77. The minimum absolute atomic E-state index is 0.436. The molecule has 2 aromatic heterocycles. The first-order valence-corrected chi connectivity index (χ1v) is 9.33. The predicted octanol–water partition coefficient (Wildman–Crippen LogP) is 4.95. The molecule has 1 aliphatic heterocycles. The number of hydrogen-bond acceptors (Lipinski definition) is 5. The molecule has 142 valence electrons.